The van der Waals surface area contributed by atoms with E-state index in [2.05, 4.69) is 25.1 Å². The van der Waals surface area contributed by atoms with Crippen molar-refractivity contribution in [3.8, 4) is 5.75 Å². The summed E-state index contributed by atoms with van der Waals surface area (Å²) >= 11 is 0. The largest absolute Gasteiger partial charge is 0.493 e. The van der Waals surface area contributed by atoms with Crippen molar-refractivity contribution in [2.75, 3.05) is 12.4 Å². The SMILES string of the molecule is Cc1ccc(CCC2CCC(CS(=O)(=O)C(C)C)CC2)cc1OCC1CC1. The zero-order valence-corrected chi connectivity index (χ0v) is 18.1. The summed E-state index contributed by atoms with van der Waals surface area (Å²) in [6.07, 6.45) is 9.43. The highest BCUT2D eigenvalue weighted by Gasteiger charge is 2.27. The zero-order valence-electron chi connectivity index (χ0n) is 17.2. The summed E-state index contributed by atoms with van der Waals surface area (Å²) in [4.78, 5) is 0. The molecule has 3 nitrogen and oxygen atoms in total. The molecule has 0 radical (unpaired) electrons. The van der Waals surface area contributed by atoms with Crippen LogP contribution >= 0.6 is 0 Å². The van der Waals surface area contributed by atoms with E-state index in [1.807, 2.05) is 0 Å². The van der Waals surface area contributed by atoms with Gasteiger partial charge in [0.15, 0.2) is 9.84 Å². The van der Waals surface area contributed by atoms with Crippen LogP contribution in [0.3, 0.4) is 0 Å². The molecule has 0 amide bonds. The van der Waals surface area contributed by atoms with E-state index < -0.39 is 9.84 Å². The van der Waals surface area contributed by atoms with E-state index in [1.54, 1.807) is 13.8 Å². The lowest BCUT2D eigenvalue weighted by Crippen LogP contribution is -2.26. The van der Waals surface area contributed by atoms with Crippen molar-refractivity contribution >= 4 is 9.84 Å². The van der Waals surface area contributed by atoms with Crippen molar-refractivity contribution < 1.29 is 13.2 Å². The third kappa shape index (κ3) is 6.23. The maximum absolute atomic E-state index is 12.1. The van der Waals surface area contributed by atoms with E-state index >= 15 is 0 Å². The van der Waals surface area contributed by atoms with E-state index in [-0.39, 0.29) is 5.25 Å². The Labute approximate surface area is 165 Å². The van der Waals surface area contributed by atoms with Crippen molar-refractivity contribution in [1.82, 2.24) is 0 Å². The minimum atomic E-state index is -2.90. The summed E-state index contributed by atoms with van der Waals surface area (Å²) in [5.74, 6) is 3.33. The van der Waals surface area contributed by atoms with Gasteiger partial charge in [-0.05, 0) is 94.2 Å². The van der Waals surface area contributed by atoms with Crippen molar-refractivity contribution in [2.45, 2.75) is 77.4 Å². The average molecular weight is 393 g/mol. The molecule has 0 aromatic heterocycles. The molecule has 0 heterocycles. The van der Waals surface area contributed by atoms with Gasteiger partial charge in [0, 0.05) is 0 Å². The molecule has 0 unspecified atom stereocenters. The number of hydrogen-bond acceptors (Lipinski definition) is 3. The molecule has 0 aliphatic heterocycles. The number of hydrogen-bond donors (Lipinski definition) is 0. The Kier molecular flexibility index (Phi) is 6.88. The molecule has 3 rings (SSSR count). The minimum Gasteiger partial charge on any atom is -0.493 e. The van der Waals surface area contributed by atoms with Crippen LogP contribution in [0.4, 0.5) is 0 Å². The summed E-state index contributed by atoms with van der Waals surface area (Å²) in [7, 11) is -2.90. The highest BCUT2D eigenvalue weighted by Crippen LogP contribution is 2.34. The molecule has 0 bridgehead atoms. The van der Waals surface area contributed by atoms with Gasteiger partial charge < -0.3 is 4.74 Å². The maximum atomic E-state index is 12.1. The first-order chi connectivity index (χ1) is 12.8. The Balaban J connectivity index is 1.44. The fourth-order valence-corrected chi connectivity index (χ4v) is 5.40. The summed E-state index contributed by atoms with van der Waals surface area (Å²) in [6.45, 7) is 6.59. The Morgan fingerprint density at radius 3 is 2.26 bits per heavy atom. The van der Waals surface area contributed by atoms with Crippen LogP contribution in [0.2, 0.25) is 0 Å². The number of rotatable bonds is 9. The number of benzene rings is 1. The Morgan fingerprint density at radius 1 is 1.00 bits per heavy atom. The minimum absolute atomic E-state index is 0.243. The molecule has 2 aliphatic rings. The molecule has 1 aromatic rings. The first-order valence-corrected chi connectivity index (χ1v) is 12.5. The van der Waals surface area contributed by atoms with Gasteiger partial charge in [-0.15, -0.1) is 0 Å². The molecule has 0 saturated heterocycles. The second-order valence-corrected chi connectivity index (χ2v) is 11.8. The smallest absolute Gasteiger partial charge is 0.152 e. The summed E-state index contributed by atoms with van der Waals surface area (Å²) < 4.78 is 30.3. The lowest BCUT2D eigenvalue weighted by atomic mass is 9.80. The number of aryl methyl sites for hydroxylation is 2. The van der Waals surface area contributed by atoms with E-state index in [4.69, 9.17) is 4.74 Å². The first-order valence-electron chi connectivity index (χ1n) is 10.8. The fraction of sp³-hybridized carbons (Fsp3) is 0.739. The van der Waals surface area contributed by atoms with Crippen molar-refractivity contribution in [3.05, 3.63) is 29.3 Å². The molecule has 0 atom stereocenters. The molecular weight excluding hydrogens is 356 g/mol. The van der Waals surface area contributed by atoms with Crippen LogP contribution < -0.4 is 4.74 Å². The molecule has 4 heteroatoms. The van der Waals surface area contributed by atoms with Crippen LogP contribution in [0.5, 0.6) is 5.75 Å². The van der Waals surface area contributed by atoms with Gasteiger partial charge in [0.1, 0.15) is 5.75 Å². The first kappa shape index (κ1) is 20.7. The highest BCUT2D eigenvalue weighted by atomic mass is 32.2. The normalized spacial score (nSPS) is 23.6. The number of ether oxygens (including phenoxy) is 1. The van der Waals surface area contributed by atoms with Gasteiger partial charge >= 0.3 is 0 Å². The van der Waals surface area contributed by atoms with Crippen LogP contribution in [-0.4, -0.2) is 26.0 Å². The van der Waals surface area contributed by atoms with Gasteiger partial charge in [-0.25, -0.2) is 8.42 Å². The third-order valence-electron chi connectivity index (χ3n) is 6.42. The average Bonchev–Trinajstić information content (AvgIpc) is 3.45. The highest BCUT2D eigenvalue weighted by molar-refractivity contribution is 7.91. The topological polar surface area (TPSA) is 43.4 Å². The molecule has 27 heavy (non-hydrogen) atoms. The monoisotopic (exact) mass is 392 g/mol. The second-order valence-electron chi connectivity index (χ2n) is 9.16. The molecule has 0 spiro atoms. The van der Waals surface area contributed by atoms with Gasteiger partial charge in [0.05, 0.1) is 17.6 Å². The van der Waals surface area contributed by atoms with E-state index in [0.717, 1.165) is 43.5 Å². The summed E-state index contributed by atoms with van der Waals surface area (Å²) in [5.41, 5.74) is 2.60. The predicted molar refractivity (Wildman–Crippen MR) is 112 cm³/mol. The second kappa shape index (κ2) is 8.98. The van der Waals surface area contributed by atoms with E-state index in [1.165, 1.54) is 43.2 Å². The van der Waals surface area contributed by atoms with Crippen LogP contribution in [0.1, 0.15) is 69.9 Å². The molecule has 1 aromatic carbocycles. The van der Waals surface area contributed by atoms with E-state index in [0.29, 0.717) is 11.7 Å². The molecule has 2 fully saturated rings. The van der Waals surface area contributed by atoms with Crippen molar-refractivity contribution in [3.63, 3.8) is 0 Å². The van der Waals surface area contributed by atoms with Crippen LogP contribution in [0.25, 0.3) is 0 Å². The zero-order chi connectivity index (χ0) is 19.4. The summed E-state index contributed by atoms with van der Waals surface area (Å²) in [6, 6.07) is 6.66. The van der Waals surface area contributed by atoms with Crippen molar-refractivity contribution in [1.29, 1.82) is 0 Å². The van der Waals surface area contributed by atoms with Gasteiger partial charge in [-0.3, -0.25) is 0 Å². The summed E-state index contributed by atoms with van der Waals surface area (Å²) in [5, 5.41) is -0.243. The van der Waals surface area contributed by atoms with Gasteiger partial charge in [0.25, 0.3) is 0 Å². The molecule has 2 saturated carbocycles. The van der Waals surface area contributed by atoms with Crippen molar-refractivity contribution in [2.24, 2.45) is 17.8 Å². The lowest BCUT2D eigenvalue weighted by molar-refractivity contribution is 0.278. The van der Waals surface area contributed by atoms with Gasteiger partial charge in [-0.2, -0.15) is 0 Å². The standard InChI is InChI=1S/C23H36O3S/c1-17(2)27(24,25)16-22-12-7-19(8-13-22)6-9-20-5-4-18(3)23(14-20)26-15-21-10-11-21/h4-5,14,17,19,21-22H,6-13,15-16H2,1-3H3. The lowest BCUT2D eigenvalue weighted by Gasteiger charge is -2.29. The molecule has 0 N–H and O–H groups in total. The molecule has 152 valence electrons. The van der Waals surface area contributed by atoms with Crippen LogP contribution in [0, 0.1) is 24.7 Å². The predicted octanol–water partition coefficient (Wildman–Crippen LogP) is 5.35. The number of sulfone groups is 1. The molecule has 2 aliphatic carbocycles. The van der Waals surface area contributed by atoms with Gasteiger partial charge in [0.2, 0.25) is 0 Å². The third-order valence-corrected chi connectivity index (χ3v) is 8.79. The molecular formula is C23H36O3S. The Morgan fingerprint density at radius 2 is 1.63 bits per heavy atom. The Hall–Kier alpha value is -1.03. The Bertz CT molecular complexity index is 711. The van der Waals surface area contributed by atoms with Crippen LogP contribution in [0.15, 0.2) is 18.2 Å². The maximum Gasteiger partial charge on any atom is 0.152 e. The van der Waals surface area contributed by atoms with E-state index in [9.17, 15) is 8.42 Å². The fourth-order valence-electron chi connectivity index (χ4n) is 4.03. The van der Waals surface area contributed by atoms with Crippen LogP contribution in [-0.2, 0) is 16.3 Å². The van der Waals surface area contributed by atoms with Gasteiger partial charge in [-0.1, -0.05) is 25.0 Å². The quantitative estimate of drug-likeness (QED) is 0.569.